The maximum Gasteiger partial charge on any atom is 0.336 e. The Bertz CT molecular complexity index is 873. The summed E-state index contributed by atoms with van der Waals surface area (Å²) in [6.07, 6.45) is 5.10. The summed E-state index contributed by atoms with van der Waals surface area (Å²) >= 11 is 0. The maximum atomic E-state index is 12.9. The zero-order valence-corrected chi connectivity index (χ0v) is 16.7. The van der Waals surface area contributed by atoms with Crippen molar-refractivity contribution in [3.63, 3.8) is 0 Å². The largest absolute Gasteiger partial charge is 0.470 e. The Morgan fingerprint density at radius 3 is 2.21 bits per heavy atom. The second-order valence-corrected chi connectivity index (χ2v) is 7.34. The van der Waals surface area contributed by atoms with Gasteiger partial charge in [-0.3, -0.25) is 4.79 Å². The summed E-state index contributed by atoms with van der Waals surface area (Å²) in [4.78, 5) is 16.5. The lowest BCUT2D eigenvalue weighted by molar-refractivity contribution is -0.140. The number of rotatable bonds is 7. The zero-order chi connectivity index (χ0) is 19.9. The van der Waals surface area contributed by atoms with Crippen LogP contribution in [0.3, 0.4) is 0 Å². The molecular formula is C25H27NO2. The number of benzene rings is 2. The Balaban J connectivity index is 1.96. The summed E-state index contributed by atoms with van der Waals surface area (Å²) in [5.74, 6) is -0.154. The monoisotopic (exact) mass is 373 g/mol. The predicted octanol–water partition coefficient (Wildman–Crippen LogP) is 6.03. The number of nitrogens with zero attached hydrogens (tertiary/aromatic N) is 1. The molecule has 0 radical (unpaired) electrons. The third kappa shape index (κ3) is 4.17. The summed E-state index contributed by atoms with van der Waals surface area (Å²) in [6, 6.07) is 16.0. The van der Waals surface area contributed by atoms with E-state index < -0.39 is 5.97 Å². The molecule has 0 bridgehead atoms. The molecule has 0 aliphatic heterocycles. The molecule has 2 aromatic carbocycles. The van der Waals surface area contributed by atoms with E-state index in [9.17, 15) is 4.79 Å². The van der Waals surface area contributed by atoms with Crippen LogP contribution in [0.25, 0.3) is 10.4 Å². The quantitative estimate of drug-likeness (QED) is 0.288. The van der Waals surface area contributed by atoms with Gasteiger partial charge < -0.3 is 4.74 Å². The molecule has 1 unspecified atom stereocenters. The highest BCUT2D eigenvalue weighted by Crippen LogP contribution is 2.38. The molecular weight excluding hydrogens is 346 g/mol. The molecule has 1 atom stereocenters. The van der Waals surface area contributed by atoms with Gasteiger partial charge in [0.1, 0.15) is 0 Å². The van der Waals surface area contributed by atoms with Gasteiger partial charge in [0.2, 0.25) is 0 Å². The van der Waals surface area contributed by atoms with E-state index in [1.165, 1.54) is 0 Å². The first-order chi connectivity index (χ1) is 13.7. The summed E-state index contributed by atoms with van der Waals surface area (Å²) in [7, 11) is 0. The fraction of sp³-hybridized carbons (Fsp3) is 0.360. The van der Waals surface area contributed by atoms with Gasteiger partial charge in [-0.15, -0.1) is 0 Å². The van der Waals surface area contributed by atoms with Crippen LogP contribution in [-0.4, -0.2) is 12.6 Å². The molecule has 0 saturated carbocycles. The van der Waals surface area contributed by atoms with Crippen LogP contribution in [0.5, 0.6) is 0 Å². The molecule has 144 valence electrons. The fourth-order valence-corrected chi connectivity index (χ4v) is 3.81. The number of ether oxygens (including phenoxy) is 1. The van der Waals surface area contributed by atoms with E-state index in [0.717, 1.165) is 54.4 Å². The van der Waals surface area contributed by atoms with Crippen molar-refractivity contribution in [3.05, 3.63) is 87.9 Å². The highest BCUT2D eigenvalue weighted by Gasteiger charge is 2.27. The van der Waals surface area contributed by atoms with Crippen LogP contribution in [0.15, 0.2) is 54.2 Å². The van der Waals surface area contributed by atoms with E-state index in [2.05, 4.69) is 30.8 Å². The van der Waals surface area contributed by atoms with Crippen LogP contribution in [0, 0.1) is 12.5 Å². The van der Waals surface area contributed by atoms with Crippen LogP contribution in [0.2, 0.25) is 0 Å². The van der Waals surface area contributed by atoms with Gasteiger partial charge in [-0.2, -0.15) is 0 Å². The van der Waals surface area contributed by atoms with Crippen molar-refractivity contribution < 1.29 is 9.53 Å². The summed E-state index contributed by atoms with van der Waals surface area (Å²) in [5.41, 5.74) is 4.99. The van der Waals surface area contributed by atoms with Crippen molar-refractivity contribution in [1.82, 2.24) is 0 Å². The Morgan fingerprint density at radius 2 is 1.68 bits per heavy atom. The Kier molecular flexibility index (Phi) is 6.66. The van der Waals surface area contributed by atoms with Crippen molar-refractivity contribution in [2.45, 2.75) is 46.0 Å². The molecule has 0 aromatic heterocycles. The Hall–Kier alpha value is -2.86. The van der Waals surface area contributed by atoms with Gasteiger partial charge in [0.05, 0.1) is 13.2 Å². The van der Waals surface area contributed by atoms with E-state index in [4.69, 9.17) is 11.3 Å². The number of hydrogen-bond donors (Lipinski definition) is 0. The first-order valence-electron chi connectivity index (χ1n) is 10.1. The van der Waals surface area contributed by atoms with Gasteiger partial charge in [-0.05, 0) is 41.0 Å². The molecule has 0 N–H and O–H groups in total. The van der Waals surface area contributed by atoms with Crippen molar-refractivity contribution in [3.8, 4) is 0 Å². The Morgan fingerprint density at radius 1 is 1.07 bits per heavy atom. The number of hydrogen-bond acceptors (Lipinski definition) is 2. The molecule has 1 aliphatic rings. The first-order valence-corrected chi connectivity index (χ1v) is 10.1. The van der Waals surface area contributed by atoms with E-state index in [0.29, 0.717) is 18.1 Å². The summed E-state index contributed by atoms with van der Waals surface area (Å²) < 4.78 is 5.62. The molecule has 3 rings (SSSR count). The van der Waals surface area contributed by atoms with Crippen molar-refractivity contribution in [1.29, 1.82) is 0 Å². The minimum atomic E-state index is -0.508. The first kappa shape index (κ1) is 19.9. The normalized spacial score (nSPS) is 13.1. The molecule has 3 heteroatoms. The molecule has 1 aliphatic carbocycles. The van der Waals surface area contributed by atoms with Gasteiger partial charge in [0.15, 0.2) is 0 Å². The minimum Gasteiger partial charge on any atom is -0.470 e. The van der Waals surface area contributed by atoms with Crippen LogP contribution >= 0.6 is 0 Å². The van der Waals surface area contributed by atoms with Gasteiger partial charge in [-0.25, -0.2) is 4.85 Å². The summed E-state index contributed by atoms with van der Waals surface area (Å²) in [5, 5.41) is 0. The van der Waals surface area contributed by atoms with Crippen molar-refractivity contribution in [2.75, 3.05) is 6.61 Å². The molecule has 0 heterocycles. The van der Waals surface area contributed by atoms with Crippen molar-refractivity contribution in [2.24, 2.45) is 5.92 Å². The smallest absolute Gasteiger partial charge is 0.336 e. The van der Waals surface area contributed by atoms with E-state index in [-0.39, 0.29) is 5.70 Å². The van der Waals surface area contributed by atoms with E-state index in [1.54, 1.807) is 0 Å². The number of esters is 1. The number of unbranched alkanes of at least 4 members (excludes halogenated alkanes) is 1. The third-order valence-electron chi connectivity index (χ3n) is 5.49. The average molecular weight is 373 g/mol. The van der Waals surface area contributed by atoms with E-state index >= 15 is 0 Å². The lowest BCUT2D eigenvalue weighted by atomic mass is 9.81. The number of carbonyl (C=O) groups is 1. The van der Waals surface area contributed by atoms with Gasteiger partial charge in [0, 0.05) is 5.57 Å². The molecule has 0 fully saturated rings. The van der Waals surface area contributed by atoms with Crippen molar-refractivity contribution >= 4 is 11.5 Å². The molecule has 0 amide bonds. The molecule has 2 aromatic rings. The van der Waals surface area contributed by atoms with Gasteiger partial charge >= 0.3 is 5.97 Å². The summed E-state index contributed by atoms with van der Waals surface area (Å²) in [6.45, 7) is 12.4. The predicted molar refractivity (Wildman–Crippen MR) is 113 cm³/mol. The fourth-order valence-electron chi connectivity index (χ4n) is 3.81. The van der Waals surface area contributed by atoms with Crippen LogP contribution in [-0.2, 0) is 16.0 Å². The minimum absolute atomic E-state index is 0.0879. The van der Waals surface area contributed by atoms with Crippen LogP contribution in [0.1, 0.15) is 61.8 Å². The second-order valence-electron chi connectivity index (χ2n) is 7.34. The van der Waals surface area contributed by atoms with Crippen LogP contribution in [0.4, 0.5) is 0 Å². The second kappa shape index (κ2) is 9.37. The highest BCUT2D eigenvalue weighted by molar-refractivity contribution is 6.05. The molecule has 0 saturated heterocycles. The lowest BCUT2D eigenvalue weighted by Crippen LogP contribution is -2.17. The average Bonchev–Trinajstić information content (AvgIpc) is 2.73. The van der Waals surface area contributed by atoms with Gasteiger partial charge in [-0.1, -0.05) is 81.6 Å². The highest BCUT2D eigenvalue weighted by atomic mass is 16.5. The topological polar surface area (TPSA) is 30.7 Å². The van der Waals surface area contributed by atoms with Gasteiger partial charge in [0.25, 0.3) is 5.70 Å². The Labute approximate surface area is 167 Å². The standard InChI is InChI=1S/C25H27NO2/c1-4-6-11-18(5-2)17-28-25(27)24(26-3)23-21-14-9-7-12-19(21)16-20-13-8-10-15-22(20)23/h7-10,12-15,18H,4-6,11,16-17H2,1-2H3. The lowest BCUT2D eigenvalue weighted by Gasteiger charge is -2.24. The molecule has 28 heavy (non-hydrogen) atoms. The third-order valence-corrected chi connectivity index (χ3v) is 5.49. The van der Waals surface area contributed by atoms with Crippen LogP contribution < -0.4 is 0 Å². The van der Waals surface area contributed by atoms with E-state index in [1.807, 2.05) is 36.4 Å². The molecule has 0 spiro atoms. The maximum absolute atomic E-state index is 12.9. The SMILES string of the molecule is [C-]#[N+]C(C(=O)OCC(CC)CCCC)=C1c2ccccc2Cc2ccccc21. The zero-order valence-electron chi connectivity index (χ0n) is 16.7. The number of carbonyl (C=O) groups excluding carboxylic acids is 1. The number of fused-ring (bicyclic) bond motifs is 2. The molecule has 3 nitrogen and oxygen atoms in total.